The van der Waals surface area contributed by atoms with E-state index in [9.17, 15) is 4.79 Å². The molecule has 0 aromatic rings. The molecule has 2 unspecified atom stereocenters. The average Bonchev–Trinajstić information content (AvgIpc) is 2.70. The molecule has 1 amide bonds. The second-order valence-corrected chi connectivity index (χ2v) is 5.28. The summed E-state index contributed by atoms with van der Waals surface area (Å²) in [5, 5.41) is 3.37. The fourth-order valence-corrected chi connectivity index (χ4v) is 2.29. The average molecular weight is 243 g/mol. The van der Waals surface area contributed by atoms with Crippen LogP contribution in [0.5, 0.6) is 0 Å². The molecule has 2 atom stereocenters. The standard InChI is InChI=1S/C12H25N3O2/c1-10(11(13)16)15(6-7-17-3)9-12(2)4-5-14-8-12/h10,14H,4-9H2,1-3H3,(H2,13,16). The van der Waals surface area contributed by atoms with E-state index in [0.29, 0.717) is 6.61 Å². The van der Waals surface area contributed by atoms with Crippen molar-refractivity contribution < 1.29 is 9.53 Å². The van der Waals surface area contributed by atoms with Crippen LogP contribution in [0.1, 0.15) is 20.3 Å². The fraction of sp³-hybridized carbons (Fsp3) is 0.917. The van der Waals surface area contributed by atoms with Gasteiger partial charge in [-0.3, -0.25) is 9.69 Å². The van der Waals surface area contributed by atoms with Crippen LogP contribution in [0.4, 0.5) is 0 Å². The third-order valence-corrected chi connectivity index (χ3v) is 3.58. The van der Waals surface area contributed by atoms with Crippen LogP contribution in [0.2, 0.25) is 0 Å². The largest absolute Gasteiger partial charge is 0.383 e. The molecule has 0 bridgehead atoms. The Kier molecular flexibility index (Phi) is 5.36. The van der Waals surface area contributed by atoms with Crippen LogP contribution >= 0.6 is 0 Å². The molecule has 1 rings (SSSR count). The Labute approximate surface area is 104 Å². The number of nitrogens with one attached hydrogen (secondary N) is 1. The molecule has 1 aliphatic rings. The van der Waals surface area contributed by atoms with Crippen LogP contribution < -0.4 is 11.1 Å². The summed E-state index contributed by atoms with van der Waals surface area (Å²) in [4.78, 5) is 13.4. The minimum Gasteiger partial charge on any atom is -0.383 e. The normalized spacial score (nSPS) is 26.4. The van der Waals surface area contributed by atoms with Crippen molar-refractivity contribution in [2.75, 3.05) is 39.9 Å². The predicted molar refractivity (Wildman–Crippen MR) is 67.7 cm³/mol. The molecule has 1 heterocycles. The van der Waals surface area contributed by atoms with Gasteiger partial charge in [0, 0.05) is 26.7 Å². The van der Waals surface area contributed by atoms with Gasteiger partial charge in [-0.1, -0.05) is 6.92 Å². The van der Waals surface area contributed by atoms with Gasteiger partial charge in [0.2, 0.25) is 5.91 Å². The highest BCUT2D eigenvalue weighted by molar-refractivity contribution is 5.79. The number of hydrogen-bond acceptors (Lipinski definition) is 4. The van der Waals surface area contributed by atoms with Gasteiger partial charge in [0.1, 0.15) is 0 Å². The molecule has 1 saturated heterocycles. The maximum absolute atomic E-state index is 11.3. The predicted octanol–water partition coefficient (Wildman–Crippen LogP) is -0.192. The lowest BCUT2D eigenvalue weighted by Gasteiger charge is -2.34. The van der Waals surface area contributed by atoms with Gasteiger partial charge in [0.05, 0.1) is 12.6 Å². The number of methoxy groups -OCH3 is 1. The van der Waals surface area contributed by atoms with Gasteiger partial charge >= 0.3 is 0 Å². The molecule has 0 aliphatic carbocycles. The van der Waals surface area contributed by atoms with Gasteiger partial charge < -0.3 is 15.8 Å². The molecule has 0 saturated carbocycles. The third kappa shape index (κ3) is 4.26. The minimum absolute atomic E-state index is 0.234. The third-order valence-electron chi connectivity index (χ3n) is 3.58. The van der Waals surface area contributed by atoms with Gasteiger partial charge in [0.25, 0.3) is 0 Å². The molecule has 1 fully saturated rings. The van der Waals surface area contributed by atoms with Crippen LogP contribution in [0.15, 0.2) is 0 Å². The van der Waals surface area contributed by atoms with E-state index >= 15 is 0 Å². The summed E-state index contributed by atoms with van der Waals surface area (Å²) in [5.41, 5.74) is 5.62. The summed E-state index contributed by atoms with van der Waals surface area (Å²) < 4.78 is 5.09. The quantitative estimate of drug-likeness (QED) is 0.650. The van der Waals surface area contributed by atoms with Crippen LogP contribution in [0, 0.1) is 5.41 Å². The van der Waals surface area contributed by atoms with Crippen molar-refractivity contribution in [3.63, 3.8) is 0 Å². The smallest absolute Gasteiger partial charge is 0.234 e. The highest BCUT2D eigenvalue weighted by atomic mass is 16.5. The summed E-state index contributed by atoms with van der Waals surface area (Å²) in [5.74, 6) is -0.268. The number of nitrogens with zero attached hydrogens (tertiary/aromatic N) is 1. The van der Waals surface area contributed by atoms with E-state index in [1.165, 1.54) is 0 Å². The molecule has 3 N–H and O–H groups in total. The lowest BCUT2D eigenvalue weighted by atomic mass is 9.88. The summed E-state index contributed by atoms with van der Waals surface area (Å²) >= 11 is 0. The number of amides is 1. The molecular formula is C12H25N3O2. The molecule has 0 aromatic heterocycles. The molecule has 5 nitrogen and oxygen atoms in total. The molecule has 1 aliphatic heterocycles. The maximum Gasteiger partial charge on any atom is 0.234 e. The zero-order valence-electron chi connectivity index (χ0n) is 11.2. The van der Waals surface area contributed by atoms with Crippen molar-refractivity contribution in [3.8, 4) is 0 Å². The first kappa shape index (κ1) is 14.4. The first-order valence-corrected chi connectivity index (χ1v) is 6.21. The number of rotatable bonds is 7. The van der Waals surface area contributed by atoms with Crippen LogP contribution in [0.25, 0.3) is 0 Å². The fourth-order valence-electron chi connectivity index (χ4n) is 2.29. The summed E-state index contributed by atoms with van der Waals surface area (Å²) in [6, 6.07) is -0.234. The van der Waals surface area contributed by atoms with E-state index in [1.54, 1.807) is 7.11 Å². The Morgan fingerprint density at radius 3 is 2.82 bits per heavy atom. The molecule has 17 heavy (non-hydrogen) atoms. The molecule has 5 heteroatoms. The number of carbonyl (C=O) groups is 1. The van der Waals surface area contributed by atoms with E-state index in [1.807, 2.05) is 6.92 Å². The van der Waals surface area contributed by atoms with Crippen molar-refractivity contribution >= 4 is 5.91 Å². The van der Waals surface area contributed by atoms with E-state index in [0.717, 1.165) is 32.6 Å². The Hall–Kier alpha value is -0.650. The second-order valence-electron chi connectivity index (χ2n) is 5.28. The maximum atomic E-state index is 11.3. The highest BCUT2D eigenvalue weighted by Crippen LogP contribution is 2.26. The number of ether oxygens (including phenoxy) is 1. The molecule has 0 aromatic carbocycles. The van der Waals surface area contributed by atoms with Gasteiger partial charge in [-0.2, -0.15) is 0 Å². The van der Waals surface area contributed by atoms with Crippen molar-refractivity contribution in [1.82, 2.24) is 10.2 Å². The van der Waals surface area contributed by atoms with E-state index in [2.05, 4.69) is 17.1 Å². The summed E-state index contributed by atoms with van der Waals surface area (Å²) in [6.07, 6.45) is 1.14. The highest BCUT2D eigenvalue weighted by Gasteiger charge is 2.33. The van der Waals surface area contributed by atoms with Crippen molar-refractivity contribution in [1.29, 1.82) is 0 Å². The first-order chi connectivity index (χ1) is 7.98. The van der Waals surface area contributed by atoms with E-state index in [-0.39, 0.29) is 17.4 Å². The van der Waals surface area contributed by atoms with Crippen molar-refractivity contribution in [3.05, 3.63) is 0 Å². The Morgan fingerprint density at radius 1 is 1.65 bits per heavy atom. The van der Waals surface area contributed by atoms with Crippen molar-refractivity contribution in [2.24, 2.45) is 11.1 Å². The summed E-state index contributed by atoms with van der Waals surface area (Å²) in [7, 11) is 1.67. The number of nitrogens with two attached hydrogens (primary N) is 1. The van der Waals surface area contributed by atoms with Crippen LogP contribution in [0.3, 0.4) is 0 Å². The van der Waals surface area contributed by atoms with Gasteiger partial charge in [-0.15, -0.1) is 0 Å². The number of primary amides is 1. The van der Waals surface area contributed by atoms with E-state index in [4.69, 9.17) is 10.5 Å². The summed E-state index contributed by atoms with van der Waals surface area (Å²) in [6.45, 7) is 8.43. The number of carbonyl (C=O) groups excluding carboxylic acids is 1. The number of hydrogen-bond donors (Lipinski definition) is 2. The zero-order chi connectivity index (χ0) is 12.9. The minimum atomic E-state index is -0.268. The van der Waals surface area contributed by atoms with Gasteiger partial charge in [0.15, 0.2) is 0 Å². The molecule has 100 valence electrons. The Morgan fingerprint density at radius 2 is 2.35 bits per heavy atom. The van der Waals surface area contributed by atoms with Crippen LogP contribution in [-0.4, -0.2) is 56.7 Å². The molecule has 0 spiro atoms. The lowest BCUT2D eigenvalue weighted by molar-refractivity contribution is -0.123. The topological polar surface area (TPSA) is 67.6 Å². The van der Waals surface area contributed by atoms with Crippen LogP contribution in [-0.2, 0) is 9.53 Å². The monoisotopic (exact) mass is 243 g/mol. The Balaban J connectivity index is 2.58. The molecular weight excluding hydrogens is 218 g/mol. The Bertz CT molecular complexity index is 252. The zero-order valence-corrected chi connectivity index (χ0v) is 11.2. The lowest BCUT2D eigenvalue weighted by Crippen LogP contribution is -2.49. The first-order valence-electron chi connectivity index (χ1n) is 6.21. The second kappa shape index (κ2) is 6.33. The molecule has 0 radical (unpaired) electrons. The van der Waals surface area contributed by atoms with E-state index < -0.39 is 0 Å². The SMILES string of the molecule is COCCN(CC1(C)CCNC1)C(C)C(N)=O. The van der Waals surface area contributed by atoms with Crippen molar-refractivity contribution in [2.45, 2.75) is 26.3 Å². The van der Waals surface area contributed by atoms with Gasteiger partial charge in [-0.05, 0) is 25.3 Å². The van der Waals surface area contributed by atoms with Gasteiger partial charge in [-0.25, -0.2) is 0 Å².